The Morgan fingerprint density at radius 3 is 2.90 bits per heavy atom. The fourth-order valence-electron chi connectivity index (χ4n) is 3.56. The number of ether oxygens (including phenoxy) is 1. The molecule has 3 atom stereocenters. The summed E-state index contributed by atoms with van der Waals surface area (Å²) < 4.78 is 6.95. The molecule has 2 bridgehead atoms. The SMILES string of the molecule is O=C(O)COC1(c2ccc(Br)cc2)CCC2CC1CN2. The van der Waals surface area contributed by atoms with Gasteiger partial charge in [0.1, 0.15) is 6.61 Å². The van der Waals surface area contributed by atoms with E-state index in [1.807, 2.05) is 24.3 Å². The van der Waals surface area contributed by atoms with Crippen molar-refractivity contribution in [2.24, 2.45) is 5.92 Å². The van der Waals surface area contributed by atoms with Crippen molar-refractivity contribution in [2.45, 2.75) is 30.9 Å². The van der Waals surface area contributed by atoms with Crippen molar-refractivity contribution in [3.63, 3.8) is 0 Å². The average molecular weight is 340 g/mol. The van der Waals surface area contributed by atoms with Gasteiger partial charge in [0.15, 0.2) is 0 Å². The van der Waals surface area contributed by atoms with Crippen LogP contribution >= 0.6 is 15.9 Å². The molecule has 1 aliphatic heterocycles. The Balaban J connectivity index is 1.94. The number of carboxylic acid groups (broad SMARTS) is 1. The molecule has 108 valence electrons. The first-order chi connectivity index (χ1) is 9.60. The van der Waals surface area contributed by atoms with Crippen LogP contribution < -0.4 is 5.32 Å². The van der Waals surface area contributed by atoms with Gasteiger partial charge in [-0.25, -0.2) is 4.79 Å². The molecule has 2 N–H and O–H groups in total. The van der Waals surface area contributed by atoms with Crippen molar-refractivity contribution in [3.05, 3.63) is 34.3 Å². The fourth-order valence-corrected chi connectivity index (χ4v) is 3.83. The van der Waals surface area contributed by atoms with Crippen LogP contribution in [0, 0.1) is 5.92 Å². The molecule has 3 unspecified atom stereocenters. The highest BCUT2D eigenvalue weighted by Crippen LogP contribution is 2.47. The van der Waals surface area contributed by atoms with Gasteiger partial charge in [0.05, 0.1) is 5.60 Å². The fraction of sp³-hybridized carbons (Fsp3) is 0.533. The van der Waals surface area contributed by atoms with E-state index in [4.69, 9.17) is 9.84 Å². The molecular formula is C15H18BrNO3. The number of carbonyl (C=O) groups is 1. The van der Waals surface area contributed by atoms with Gasteiger partial charge in [0.25, 0.3) is 0 Å². The number of fused-ring (bicyclic) bond motifs is 2. The van der Waals surface area contributed by atoms with Gasteiger partial charge >= 0.3 is 5.97 Å². The lowest BCUT2D eigenvalue weighted by Crippen LogP contribution is -2.42. The first-order valence-corrected chi connectivity index (χ1v) is 7.74. The van der Waals surface area contributed by atoms with Gasteiger partial charge in [-0.1, -0.05) is 28.1 Å². The molecule has 1 aromatic rings. The van der Waals surface area contributed by atoms with Crippen LogP contribution in [0.4, 0.5) is 0 Å². The summed E-state index contributed by atoms with van der Waals surface area (Å²) >= 11 is 3.44. The van der Waals surface area contributed by atoms with Crippen LogP contribution in [0.3, 0.4) is 0 Å². The standard InChI is InChI=1S/C15H18BrNO3/c16-12-3-1-10(2-4-12)15(20-9-14(18)19)6-5-13-7-11(15)8-17-13/h1-4,11,13,17H,5-9H2,(H,18,19). The molecule has 1 aromatic carbocycles. The molecule has 2 aliphatic rings. The maximum absolute atomic E-state index is 10.9. The maximum atomic E-state index is 10.9. The third-order valence-corrected chi connectivity index (χ3v) is 5.06. The summed E-state index contributed by atoms with van der Waals surface area (Å²) in [5.41, 5.74) is 0.633. The van der Waals surface area contributed by atoms with Crippen LogP contribution in [-0.2, 0) is 15.1 Å². The summed E-state index contributed by atoms with van der Waals surface area (Å²) in [6.07, 6.45) is 2.98. The Morgan fingerprint density at radius 1 is 1.45 bits per heavy atom. The smallest absolute Gasteiger partial charge is 0.329 e. The largest absolute Gasteiger partial charge is 0.480 e. The summed E-state index contributed by atoms with van der Waals surface area (Å²) in [6.45, 7) is 0.664. The Hall–Kier alpha value is -0.910. The number of aliphatic carboxylic acids is 1. The Bertz CT molecular complexity index is 504. The number of halogens is 1. The molecule has 1 heterocycles. The van der Waals surface area contributed by atoms with Crippen molar-refractivity contribution < 1.29 is 14.6 Å². The summed E-state index contributed by atoms with van der Waals surface area (Å²) in [5, 5.41) is 12.5. The highest BCUT2D eigenvalue weighted by atomic mass is 79.9. The minimum Gasteiger partial charge on any atom is -0.480 e. The number of hydrogen-bond acceptors (Lipinski definition) is 3. The number of nitrogens with one attached hydrogen (secondary N) is 1. The topological polar surface area (TPSA) is 58.6 Å². The monoisotopic (exact) mass is 339 g/mol. The molecule has 0 amide bonds. The third kappa shape index (κ3) is 2.50. The molecule has 1 saturated heterocycles. The van der Waals surface area contributed by atoms with E-state index < -0.39 is 11.6 Å². The zero-order valence-electron chi connectivity index (χ0n) is 11.1. The highest BCUT2D eigenvalue weighted by molar-refractivity contribution is 9.10. The molecule has 4 nitrogen and oxygen atoms in total. The zero-order valence-corrected chi connectivity index (χ0v) is 12.7. The second-order valence-electron chi connectivity index (χ2n) is 5.66. The third-order valence-electron chi connectivity index (χ3n) is 4.53. The van der Waals surface area contributed by atoms with Gasteiger partial charge in [0, 0.05) is 23.0 Å². The van der Waals surface area contributed by atoms with E-state index in [0.717, 1.165) is 35.8 Å². The predicted octanol–water partition coefficient (Wildman–Crippen LogP) is 2.52. The molecule has 2 fully saturated rings. The second kappa shape index (κ2) is 5.47. The van der Waals surface area contributed by atoms with Gasteiger partial charge in [-0.2, -0.15) is 0 Å². The van der Waals surface area contributed by atoms with Crippen LogP contribution in [0.5, 0.6) is 0 Å². The van der Waals surface area contributed by atoms with Crippen molar-refractivity contribution in [2.75, 3.05) is 13.2 Å². The Labute approximate surface area is 126 Å². The molecule has 0 aromatic heterocycles. The maximum Gasteiger partial charge on any atom is 0.329 e. The van der Waals surface area contributed by atoms with E-state index in [1.54, 1.807) is 0 Å². The van der Waals surface area contributed by atoms with E-state index in [-0.39, 0.29) is 6.61 Å². The lowest BCUT2D eigenvalue weighted by molar-refractivity contribution is -0.158. The second-order valence-corrected chi connectivity index (χ2v) is 6.57. The van der Waals surface area contributed by atoms with Gasteiger partial charge in [0.2, 0.25) is 0 Å². The molecule has 3 rings (SSSR count). The minimum atomic E-state index is -0.908. The molecule has 1 aliphatic carbocycles. The van der Waals surface area contributed by atoms with E-state index in [9.17, 15) is 4.79 Å². The van der Waals surface area contributed by atoms with Gasteiger partial charge in [-0.15, -0.1) is 0 Å². The van der Waals surface area contributed by atoms with E-state index >= 15 is 0 Å². The first-order valence-electron chi connectivity index (χ1n) is 6.95. The van der Waals surface area contributed by atoms with Crippen LogP contribution in [-0.4, -0.2) is 30.3 Å². The molecule has 1 saturated carbocycles. The van der Waals surface area contributed by atoms with Crippen LogP contribution in [0.15, 0.2) is 28.7 Å². The quantitative estimate of drug-likeness (QED) is 0.884. The summed E-state index contributed by atoms with van der Waals surface area (Å²) in [6, 6.07) is 8.65. The van der Waals surface area contributed by atoms with E-state index in [0.29, 0.717) is 12.0 Å². The Morgan fingerprint density at radius 2 is 2.20 bits per heavy atom. The Kier molecular flexibility index (Phi) is 3.84. The van der Waals surface area contributed by atoms with Gasteiger partial charge < -0.3 is 15.2 Å². The highest BCUT2D eigenvalue weighted by Gasteiger charge is 2.49. The molecule has 0 spiro atoms. The molecular weight excluding hydrogens is 322 g/mol. The zero-order chi connectivity index (χ0) is 14.2. The van der Waals surface area contributed by atoms with Crippen molar-refractivity contribution in [1.29, 1.82) is 0 Å². The lowest BCUT2D eigenvalue weighted by atomic mass is 9.72. The lowest BCUT2D eigenvalue weighted by Gasteiger charge is -2.42. The van der Waals surface area contributed by atoms with Crippen molar-refractivity contribution in [3.8, 4) is 0 Å². The number of carboxylic acids is 1. The van der Waals surface area contributed by atoms with Gasteiger partial charge in [-0.05, 0) is 37.0 Å². The molecule has 20 heavy (non-hydrogen) atoms. The number of benzene rings is 1. The number of hydrogen-bond donors (Lipinski definition) is 2. The first kappa shape index (κ1) is 14.0. The van der Waals surface area contributed by atoms with Crippen LogP contribution in [0.25, 0.3) is 0 Å². The van der Waals surface area contributed by atoms with Crippen molar-refractivity contribution >= 4 is 21.9 Å². The van der Waals surface area contributed by atoms with Crippen LogP contribution in [0.2, 0.25) is 0 Å². The van der Waals surface area contributed by atoms with E-state index in [2.05, 4.69) is 21.2 Å². The summed E-state index contributed by atoms with van der Waals surface area (Å²) in [7, 11) is 0. The van der Waals surface area contributed by atoms with Gasteiger partial charge in [-0.3, -0.25) is 0 Å². The molecule has 0 radical (unpaired) electrons. The van der Waals surface area contributed by atoms with E-state index in [1.165, 1.54) is 0 Å². The van der Waals surface area contributed by atoms with Crippen molar-refractivity contribution in [1.82, 2.24) is 5.32 Å². The predicted molar refractivity (Wildman–Crippen MR) is 78.5 cm³/mol. The molecule has 5 heteroatoms. The number of rotatable bonds is 4. The minimum absolute atomic E-state index is 0.239. The normalized spacial score (nSPS) is 32.2. The summed E-state index contributed by atoms with van der Waals surface area (Å²) in [5.74, 6) is -0.559. The van der Waals surface area contributed by atoms with Crippen LogP contribution in [0.1, 0.15) is 24.8 Å². The average Bonchev–Trinajstić information content (AvgIpc) is 2.84. The summed E-state index contributed by atoms with van der Waals surface area (Å²) in [4.78, 5) is 10.9.